The predicted octanol–water partition coefficient (Wildman–Crippen LogP) is 3.59. The van der Waals surface area contributed by atoms with Gasteiger partial charge >= 0.3 is 0 Å². The average Bonchev–Trinajstić information content (AvgIpc) is 3.24. The van der Waals surface area contributed by atoms with Crippen LogP contribution < -0.4 is 4.90 Å². The summed E-state index contributed by atoms with van der Waals surface area (Å²) in [5.74, 6) is 1.08. The molecular formula is C20H20N4O. The van der Waals surface area contributed by atoms with E-state index in [4.69, 9.17) is 0 Å². The van der Waals surface area contributed by atoms with E-state index >= 15 is 0 Å². The van der Waals surface area contributed by atoms with Gasteiger partial charge < -0.3 is 4.90 Å². The first-order valence-corrected chi connectivity index (χ1v) is 8.59. The van der Waals surface area contributed by atoms with E-state index in [1.165, 1.54) is 5.56 Å². The minimum atomic E-state index is 0.0100. The highest BCUT2D eigenvalue weighted by Crippen LogP contribution is 2.36. The van der Waals surface area contributed by atoms with Crippen molar-refractivity contribution < 1.29 is 4.79 Å². The summed E-state index contributed by atoms with van der Waals surface area (Å²) < 4.78 is 1.76. The lowest BCUT2D eigenvalue weighted by Crippen LogP contribution is -2.30. The monoisotopic (exact) mass is 332 g/mol. The summed E-state index contributed by atoms with van der Waals surface area (Å²) in [5, 5.41) is 4.43. The van der Waals surface area contributed by atoms with Crippen LogP contribution in [0.25, 0.3) is 5.82 Å². The van der Waals surface area contributed by atoms with Gasteiger partial charge in [0, 0.05) is 24.3 Å². The maximum Gasteiger partial charge on any atom is 0.261 e. The first kappa shape index (κ1) is 15.6. The van der Waals surface area contributed by atoms with Crippen molar-refractivity contribution in [1.29, 1.82) is 0 Å². The van der Waals surface area contributed by atoms with E-state index in [2.05, 4.69) is 23.1 Å². The quantitative estimate of drug-likeness (QED) is 0.736. The molecular weight excluding hydrogens is 312 g/mol. The molecule has 3 aromatic rings. The normalized spacial score (nSPS) is 16.1. The second-order valence-electron chi connectivity index (χ2n) is 6.33. The predicted molar refractivity (Wildman–Crippen MR) is 97.3 cm³/mol. The van der Waals surface area contributed by atoms with Crippen LogP contribution in [0.1, 0.15) is 41.4 Å². The highest BCUT2D eigenvalue weighted by atomic mass is 16.2. The molecule has 1 aliphatic heterocycles. The molecule has 1 aliphatic rings. The Balaban J connectivity index is 1.74. The van der Waals surface area contributed by atoms with Crippen molar-refractivity contribution in [1.82, 2.24) is 14.8 Å². The number of benzene rings is 1. The van der Waals surface area contributed by atoms with Crippen LogP contribution in [-0.2, 0) is 6.42 Å². The van der Waals surface area contributed by atoms with Gasteiger partial charge in [0.15, 0.2) is 5.82 Å². The van der Waals surface area contributed by atoms with Crippen molar-refractivity contribution >= 4 is 11.6 Å². The van der Waals surface area contributed by atoms with Crippen LogP contribution in [0, 0.1) is 0 Å². The fourth-order valence-electron chi connectivity index (χ4n) is 3.53. The summed E-state index contributed by atoms with van der Waals surface area (Å²) in [4.78, 5) is 19.5. The van der Waals surface area contributed by atoms with E-state index in [0.29, 0.717) is 24.4 Å². The molecule has 5 nitrogen and oxygen atoms in total. The van der Waals surface area contributed by atoms with E-state index in [-0.39, 0.29) is 5.91 Å². The van der Waals surface area contributed by atoms with E-state index in [1.807, 2.05) is 48.2 Å². The number of amides is 1. The third-order valence-electron chi connectivity index (χ3n) is 4.76. The molecule has 3 heterocycles. The van der Waals surface area contributed by atoms with Crippen LogP contribution >= 0.6 is 0 Å². The van der Waals surface area contributed by atoms with E-state index in [9.17, 15) is 4.79 Å². The van der Waals surface area contributed by atoms with Crippen molar-refractivity contribution in [3.05, 3.63) is 71.7 Å². The Morgan fingerprint density at radius 3 is 2.76 bits per heavy atom. The number of hydrogen-bond donors (Lipinski definition) is 0. The molecule has 0 aliphatic carbocycles. The van der Waals surface area contributed by atoms with Gasteiger partial charge in [-0.15, -0.1) is 0 Å². The highest BCUT2D eigenvalue weighted by molar-refractivity contribution is 6.08. The molecule has 1 aromatic carbocycles. The summed E-state index contributed by atoms with van der Waals surface area (Å²) in [6, 6.07) is 13.8. The molecule has 0 saturated heterocycles. The van der Waals surface area contributed by atoms with Gasteiger partial charge in [-0.05, 0) is 30.2 Å². The number of para-hydroxylation sites is 1. The lowest BCUT2D eigenvalue weighted by atomic mass is 10.0. The van der Waals surface area contributed by atoms with Gasteiger partial charge in [-0.25, -0.2) is 9.67 Å². The maximum atomic E-state index is 13.2. The number of carbonyl (C=O) groups is 1. The second-order valence-corrected chi connectivity index (χ2v) is 6.33. The Bertz CT molecular complexity index is 916. The molecule has 4 rings (SSSR count). The van der Waals surface area contributed by atoms with Crippen molar-refractivity contribution in [2.45, 2.75) is 26.2 Å². The molecule has 1 amide bonds. The number of aromatic nitrogens is 3. The van der Waals surface area contributed by atoms with Crippen LogP contribution in [-0.4, -0.2) is 27.2 Å². The van der Waals surface area contributed by atoms with E-state index in [0.717, 1.165) is 17.2 Å². The zero-order valence-corrected chi connectivity index (χ0v) is 14.4. The molecule has 0 N–H and O–H groups in total. The third-order valence-corrected chi connectivity index (χ3v) is 4.76. The fraction of sp³-hybridized carbons (Fsp3) is 0.250. The molecule has 2 aromatic heterocycles. The molecule has 0 fully saturated rings. The molecule has 0 bridgehead atoms. The molecule has 1 atom stereocenters. The summed E-state index contributed by atoms with van der Waals surface area (Å²) in [6.45, 7) is 4.90. The second kappa shape index (κ2) is 6.16. The Morgan fingerprint density at radius 2 is 2.00 bits per heavy atom. The minimum absolute atomic E-state index is 0.0100. The number of pyridine rings is 1. The van der Waals surface area contributed by atoms with Gasteiger partial charge in [-0.2, -0.15) is 5.10 Å². The Labute approximate surface area is 146 Å². The maximum absolute atomic E-state index is 13.2. The molecule has 5 heteroatoms. The first-order valence-electron chi connectivity index (χ1n) is 8.59. The van der Waals surface area contributed by atoms with Crippen molar-refractivity contribution in [3.8, 4) is 5.82 Å². The van der Waals surface area contributed by atoms with Gasteiger partial charge in [0.1, 0.15) is 0 Å². The Hall–Kier alpha value is -2.95. The molecule has 0 saturated carbocycles. The Kier molecular flexibility index (Phi) is 3.84. The van der Waals surface area contributed by atoms with Gasteiger partial charge in [-0.3, -0.25) is 4.79 Å². The molecule has 0 radical (unpaired) electrons. The number of carbonyl (C=O) groups excluding carboxylic acids is 1. The minimum Gasteiger partial charge on any atom is -0.307 e. The highest BCUT2D eigenvalue weighted by Gasteiger charge is 2.32. The average molecular weight is 332 g/mol. The van der Waals surface area contributed by atoms with Crippen molar-refractivity contribution in [3.63, 3.8) is 0 Å². The van der Waals surface area contributed by atoms with Gasteiger partial charge in [0.25, 0.3) is 5.91 Å². The van der Waals surface area contributed by atoms with Gasteiger partial charge in [-0.1, -0.05) is 38.1 Å². The van der Waals surface area contributed by atoms with Crippen LogP contribution in [0.5, 0.6) is 0 Å². The lowest BCUT2D eigenvalue weighted by Gasteiger charge is -2.17. The number of hydrogen-bond acceptors (Lipinski definition) is 3. The fourth-order valence-corrected chi connectivity index (χ4v) is 3.53. The van der Waals surface area contributed by atoms with Crippen LogP contribution in [0.3, 0.4) is 0 Å². The summed E-state index contributed by atoms with van der Waals surface area (Å²) >= 11 is 0. The molecule has 1 unspecified atom stereocenters. The smallest absolute Gasteiger partial charge is 0.261 e. The summed E-state index contributed by atoms with van der Waals surface area (Å²) in [5.41, 5.74) is 3.77. The van der Waals surface area contributed by atoms with Crippen molar-refractivity contribution in [2.75, 3.05) is 11.4 Å². The SMILES string of the molecule is CCc1c(C(=O)N2CC(C)c3ccccc32)cnn1-c1ccccn1. The van der Waals surface area contributed by atoms with Gasteiger partial charge in [0.2, 0.25) is 0 Å². The summed E-state index contributed by atoms with van der Waals surface area (Å²) in [6.07, 6.45) is 4.11. The first-order chi connectivity index (χ1) is 12.2. The number of rotatable bonds is 3. The van der Waals surface area contributed by atoms with Crippen LogP contribution in [0.4, 0.5) is 5.69 Å². The third kappa shape index (κ3) is 2.52. The zero-order valence-electron chi connectivity index (χ0n) is 14.4. The topological polar surface area (TPSA) is 51.0 Å². The van der Waals surface area contributed by atoms with E-state index < -0.39 is 0 Å². The van der Waals surface area contributed by atoms with Crippen LogP contribution in [0.2, 0.25) is 0 Å². The standard InChI is InChI=1S/C20H20N4O/c1-3-17-16(12-22-24(17)19-10-6-7-11-21-19)20(25)23-13-14(2)15-8-4-5-9-18(15)23/h4-12,14H,3,13H2,1-2H3. The van der Waals surface area contributed by atoms with Gasteiger partial charge in [0.05, 0.1) is 17.5 Å². The van der Waals surface area contributed by atoms with Crippen LogP contribution in [0.15, 0.2) is 54.9 Å². The largest absolute Gasteiger partial charge is 0.307 e. The lowest BCUT2D eigenvalue weighted by molar-refractivity contribution is 0.0987. The number of nitrogens with zero attached hydrogens (tertiary/aromatic N) is 4. The zero-order chi connectivity index (χ0) is 17.4. The Morgan fingerprint density at radius 1 is 1.20 bits per heavy atom. The van der Waals surface area contributed by atoms with E-state index in [1.54, 1.807) is 17.1 Å². The van der Waals surface area contributed by atoms with Crippen molar-refractivity contribution in [2.24, 2.45) is 0 Å². The number of fused-ring (bicyclic) bond motifs is 1. The molecule has 126 valence electrons. The number of anilines is 1. The molecule has 0 spiro atoms. The summed E-state index contributed by atoms with van der Waals surface area (Å²) in [7, 11) is 0. The molecule has 25 heavy (non-hydrogen) atoms.